The van der Waals surface area contributed by atoms with Crippen LogP contribution in [0.15, 0.2) is 14.6 Å². The van der Waals surface area contributed by atoms with Gasteiger partial charge in [0.1, 0.15) is 21.6 Å². The first-order chi connectivity index (χ1) is 10.7. The van der Waals surface area contributed by atoms with Gasteiger partial charge in [-0.25, -0.2) is 9.97 Å². The number of rotatable bonds is 3. The van der Waals surface area contributed by atoms with E-state index in [4.69, 9.17) is 9.72 Å². The molecule has 4 rings (SSSR count). The molecule has 2 unspecified atom stereocenters. The van der Waals surface area contributed by atoms with Crippen molar-refractivity contribution in [1.29, 1.82) is 0 Å². The lowest BCUT2D eigenvalue weighted by atomic mass is 10.2. The van der Waals surface area contributed by atoms with Gasteiger partial charge in [-0.15, -0.1) is 11.3 Å². The molecule has 0 spiro atoms. The fourth-order valence-corrected chi connectivity index (χ4v) is 4.96. The molecular weight excluding hydrogens is 436 g/mol. The Labute approximate surface area is 148 Å². The number of fused-ring (bicyclic) bond motifs is 2. The molecule has 6 nitrogen and oxygen atoms in total. The van der Waals surface area contributed by atoms with E-state index in [1.165, 1.54) is 12.8 Å². The number of aliphatic hydroxyl groups excluding tert-OH is 1. The number of ether oxygens (including phenoxy) is 1. The Balaban J connectivity index is 1.70. The number of morpholine rings is 1. The smallest absolute Gasteiger partial charge is 0.188 e. The molecule has 0 aliphatic carbocycles. The SMILES string of the molecule is OCc1nc(Br)c(Br)n1-c1csc(N2C3CCC2COC3)n1. The van der Waals surface area contributed by atoms with Gasteiger partial charge in [0.2, 0.25) is 0 Å². The number of imidazole rings is 1. The number of hydrogen-bond acceptors (Lipinski definition) is 6. The van der Waals surface area contributed by atoms with Crippen LogP contribution in [0.1, 0.15) is 18.7 Å². The molecule has 2 atom stereocenters. The number of nitrogens with zero attached hydrogens (tertiary/aromatic N) is 4. The zero-order valence-electron chi connectivity index (χ0n) is 11.6. The maximum Gasteiger partial charge on any atom is 0.188 e. The Morgan fingerprint density at radius 3 is 2.68 bits per heavy atom. The van der Waals surface area contributed by atoms with Crippen LogP contribution in [0.25, 0.3) is 5.82 Å². The number of halogens is 2. The quantitative estimate of drug-likeness (QED) is 0.780. The van der Waals surface area contributed by atoms with Crippen molar-refractivity contribution in [3.8, 4) is 5.82 Å². The van der Waals surface area contributed by atoms with Crippen molar-refractivity contribution < 1.29 is 9.84 Å². The largest absolute Gasteiger partial charge is 0.388 e. The predicted molar refractivity (Wildman–Crippen MR) is 90.7 cm³/mol. The van der Waals surface area contributed by atoms with Crippen molar-refractivity contribution in [3.05, 3.63) is 20.4 Å². The van der Waals surface area contributed by atoms with Crippen LogP contribution in [0.5, 0.6) is 0 Å². The maximum atomic E-state index is 9.49. The van der Waals surface area contributed by atoms with Crippen LogP contribution in [-0.4, -0.2) is 44.9 Å². The summed E-state index contributed by atoms with van der Waals surface area (Å²) in [5.74, 6) is 1.33. The van der Waals surface area contributed by atoms with E-state index in [1.54, 1.807) is 11.3 Å². The molecular formula is C13H14Br2N4O2S. The molecule has 118 valence electrons. The molecule has 1 N–H and O–H groups in total. The van der Waals surface area contributed by atoms with E-state index in [0.29, 0.717) is 22.5 Å². The number of aliphatic hydroxyl groups is 1. The molecule has 0 saturated carbocycles. The Hall–Kier alpha value is -0.480. The lowest BCUT2D eigenvalue weighted by molar-refractivity contribution is 0.0906. The maximum absolute atomic E-state index is 9.49. The molecule has 9 heteroatoms. The summed E-state index contributed by atoms with van der Waals surface area (Å²) >= 11 is 8.50. The molecule has 2 bridgehead atoms. The normalized spacial score (nSPS) is 24.2. The summed E-state index contributed by atoms with van der Waals surface area (Å²) in [7, 11) is 0. The van der Waals surface area contributed by atoms with Gasteiger partial charge < -0.3 is 14.7 Å². The van der Waals surface area contributed by atoms with Gasteiger partial charge in [-0.3, -0.25) is 4.57 Å². The van der Waals surface area contributed by atoms with Gasteiger partial charge in [-0.1, -0.05) is 0 Å². The van der Waals surface area contributed by atoms with Crippen molar-refractivity contribution in [2.75, 3.05) is 18.1 Å². The highest BCUT2D eigenvalue weighted by atomic mass is 79.9. The summed E-state index contributed by atoms with van der Waals surface area (Å²) in [6.07, 6.45) is 2.34. The number of hydrogen-bond donors (Lipinski definition) is 1. The molecule has 2 fully saturated rings. The molecule has 4 heterocycles. The molecule has 0 radical (unpaired) electrons. The molecule has 0 aromatic carbocycles. The average Bonchev–Trinajstić information content (AvgIpc) is 3.15. The third-order valence-corrected chi connectivity index (χ3v) is 6.82. The van der Waals surface area contributed by atoms with Crippen molar-refractivity contribution in [2.45, 2.75) is 31.5 Å². The van der Waals surface area contributed by atoms with Crippen molar-refractivity contribution in [3.63, 3.8) is 0 Å². The van der Waals surface area contributed by atoms with E-state index in [2.05, 4.69) is 41.7 Å². The molecule has 2 aromatic rings. The van der Waals surface area contributed by atoms with Gasteiger partial charge in [0.05, 0.1) is 25.3 Å². The lowest BCUT2D eigenvalue weighted by Crippen LogP contribution is -2.45. The van der Waals surface area contributed by atoms with Crippen LogP contribution in [0.4, 0.5) is 5.13 Å². The highest BCUT2D eigenvalue weighted by Crippen LogP contribution is 2.37. The van der Waals surface area contributed by atoms with Gasteiger partial charge in [-0.2, -0.15) is 0 Å². The fraction of sp³-hybridized carbons (Fsp3) is 0.538. The second kappa shape index (κ2) is 5.86. The van der Waals surface area contributed by atoms with Gasteiger partial charge in [0, 0.05) is 5.38 Å². The molecule has 2 saturated heterocycles. The van der Waals surface area contributed by atoms with Crippen molar-refractivity contribution >= 4 is 48.3 Å². The van der Waals surface area contributed by atoms with E-state index in [1.807, 2.05) is 9.95 Å². The first-order valence-corrected chi connectivity index (χ1v) is 9.51. The summed E-state index contributed by atoms with van der Waals surface area (Å²) < 4.78 is 8.88. The summed E-state index contributed by atoms with van der Waals surface area (Å²) in [5, 5.41) is 12.5. The minimum absolute atomic E-state index is 0.139. The summed E-state index contributed by atoms with van der Waals surface area (Å²) in [6.45, 7) is 1.43. The van der Waals surface area contributed by atoms with Gasteiger partial charge in [0.15, 0.2) is 10.9 Å². The van der Waals surface area contributed by atoms with Crippen LogP contribution >= 0.6 is 43.2 Å². The Morgan fingerprint density at radius 1 is 1.27 bits per heavy atom. The van der Waals surface area contributed by atoms with Gasteiger partial charge >= 0.3 is 0 Å². The molecule has 22 heavy (non-hydrogen) atoms. The van der Waals surface area contributed by atoms with E-state index in [9.17, 15) is 5.11 Å². The average molecular weight is 450 g/mol. The monoisotopic (exact) mass is 448 g/mol. The zero-order valence-corrected chi connectivity index (χ0v) is 15.6. The van der Waals surface area contributed by atoms with Crippen molar-refractivity contribution in [1.82, 2.24) is 14.5 Å². The first kappa shape index (κ1) is 15.1. The molecule has 2 aliphatic heterocycles. The second-order valence-corrected chi connectivity index (χ2v) is 7.76. The standard InChI is InChI=1S/C13H14Br2N4O2S/c14-11-12(15)19(9(3-20)16-11)10-6-22-13(17-10)18-7-1-2-8(18)5-21-4-7/h6-8,20H,1-5H2. The van der Waals surface area contributed by atoms with Crippen molar-refractivity contribution in [2.24, 2.45) is 0 Å². The minimum Gasteiger partial charge on any atom is -0.388 e. The van der Waals surface area contributed by atoms with E-state index < -0.39 is 0 Å². The minimum atomic E-state index is -0.139. The van der Waals surface area contributed by atoms with Gasteiger partial charge in [0.25, 0.3) is 0 Å². The number of thiazole rings is 1. The molecule has 0 amide bonds. The highest BCUT2D eigenvalue weighted by Gasteiger charge is 2.39. The predicted octanol–water partition coefficient (Wildman–Crippen LogP) is 2.71. The topological polar surface area (TPSA) is 63.4 Å². The van der Waals surface area contributed by atoms with Crippen LogP contribution in [0, 0.1) is 0 Å². The molecule has 2 aromatic heterocycles. The first-order valence-electron chi connectivity index (χ1n) is 7.04. The third kappa shape index (κ3) is 2.34. The van der Waals surface area contributed by atoms with E-state index in [0.717, 1.165) is 28.8 Å². The van der Waals surface area contributed by atoms with E-state index >= 15 is 0 Å². The van der Waals surface area contributed by atoms with Crippen LogP contribution in [-0.2, 0) is 11.3 Å². The van der Waals surface area contributed by atoms with Crippen LogP contribution in [0.2, 0.25) is 0 Å². The fourth-order valence-electron chi connectivity index (χ4n) is 3.17. The second-order valence-electron chi connectivity index (χ2n) is 5.42. The van der Waals surface area contributed by atoms with E-state index in [-0.39, 0.29) is 6.61 Å². The third-order valence-electron chi connectivity index (χ3n) is 4.16. The highest BCUT2D eigenvalue weighted by molar-refractivity contribution is 9.13. The molecule has 2 aliphatic rings. The Morgan fingerprint density at radius 2 is 2.00 bits per heavy atom. The summed E-state index contributed by atoms with van der Waals surface area (Å²) in [6, 6.07) is 0.876. The zero-order chi connectivity index (χ0) is 15.3. The Kier molecular flexibility index (Phi) is 4.02. The van der Waals surface area contributed by atoms with Gasteiger partial charge in [-0.05, 0) is 44.7 Å². The summed E-state index contributed by atoms with van der Waals surface area (Å²) in [5.41, 5.74) is 0. The lowest BCUT2D eigenvalue weighted by Gasteiger charge is -2.34. The Bertz CT molecular complexity index is 688. The van der Waals surface area contributed by atoms with Crippen LogP contribution < -0.4 is 4.90 Å². The van der Waals surface area contributed by atoms with Crippen LogP contribution in [0.3, 0.4) is 0 Å². The summed E-state index contributed by atoms with van der Waals surface area (Å²) in [4.78, 5) is 11.5. The number of aromatic nitrogens is 3. The number of anilines is 1.